The minimum absolute atomic E-state index is 0.00378. The van der Waals surface area contributed by atoms with Crippen molar-refractivity contribution in [2.75, 3.05) is 66.0 Å². The van der Waals surface area contributed by atoms with E-state index in [1.165, 1.54) is 5.56 Å². The molecule has 7 rings (SSSR count). The van der Waals surface area contributed by atoms with Gasteiger partial charge in [-0.15, -0.1) is 11.8 Å². The molecule has 2 aliphatic carbocycles. The van der Waals surface area contributed by atoms with Gasteiger partial charge in [0.2, 0.25) is 0 Å². The van der Waals surface area contributed by atoms with Crippen LogP contribution in [0, 0.1) is 29.6 Å². The average Bonchev–Trinajstić information content (AvgIpc) is 0.857. The van der Waals surface area contributed by atoms with Crippen molar-refractivity contribution in [3.05, 3.63) is 158 Å². The predicted octanol–water partition coefficient (Wildman–Crippen LogP) is 11.7. The molecule has 98 heavy (non-hydrogen) atoms. The number of aliphatic hydroxyl groups excluding tert-OH is 1. The van der Waals surface area contributed by atoms with Crippen LogP contribution < -0.4 is 23.7 Å². The number of benzene rings is 4. The summed E-state index contributed by atoms with van der Waals surface area (Å²) in [5, 5.41) is 12.2. The number of thioether (sulfide) groups is 1. The Morgan fingerprint density at radius 3 is 1.64 bits per heavy atom. The first-order valence-electron chi connectivity index (χ1n) is 33.4. The molecule has 1 heterocycles. The van der Waals surface area contributed by atoms with Crippen LogP contribution >= 0.6 is 11.8 Å². The average molecular weight is 1370 g/mol. The molecular formula is C75H90N2O20S. The number of hydrogen-bond donors (Lipinski definition) is 1. The lowest BCUT2D eigenvalue weighted by Gasteiger charge is -2.30. The van der Waals surface area contributed by atoms with E-state index in [0.717, 1.165) is 52.8 Å². The van der Waals surface area contributed by atoms with Gasteiger partial charge in [0, 0.05) is 79.9 Å². The second-order valence-corrected chi connectivity index (χ2v) is 24.7. The van der Waals surface area contributed by atoms with E-state index in [0.29, 0.717) is 138 Å². The fraction of sp³-hybridized carbons (Fsp3) is 0.453. The summed E-state index contributed by atoms with van der Waals surface area (Å²) in [4.78, 5) is 97.0. The molecule has 1 N–H and O–H groups in total. The van der Waals surface area contributed by atoms with Crippen molar-refractivity contribution in [2.24, 2.45) is 39.6 Å². The normalized spacial score (nSPS) is 17.7. The third kappa shape index (κ3) is 26.5. The van der Waals surface area contributed by atoms with Gasteiger partial charge in [-0.2, -0.15) is 0 Å². The van der Waals surface area contributed by atoms with Crippen molar-refractivity contribution in [3.8, 4) is 28.7 Å². The number of carbonyl (C=O) groups is 7. The van der Waals surface area contributed by atoms with Crippen LogP contribution in [0.2, 0.25) is 0 Å². The van der Waals surface area contributed by atoms with Crippen molar-refractivity contribution in [2.45, 2.75) is 121 Å². The number of carbonyl (C=O) groups excluding carboxylic acids is 7. The van der Waals surface area contributed by atoms with Crippen LogP contribution in [0.5, 0.6) is 28.7 Å². The zero-order valence-corrected chi connectivity index (χ0v) is 56.5. The number of rotatable bonds is 42. The summed E-state index contributed by atoms with van der Waals surface area (Å²) in [5.41, 5.74) is 3.60. The van der Waals surface area contributed by atoms with Crippen LogP contribution in [0.15, 0.2) is 152 Å². The second kappa shape index (κ2) is 42.0. The fourth-order valence-corrected chi connectivity index (χ4v) is 12.0. The Labute approximate surface area is 577 Å². The van der Waals surface area contributed by atoms with Gasteiger partial charge in [0.1, 0.15) is 42.0 Å². The van der Waals surface area contributed by atoms with Crippen molar-refractivity contribution >= 4 is 70.5 Å². The van der Waals surface area contributed by atoms with Gasteiger partial charge in [-0.3, -0.25) is 19.4 Å². The quantitative estimate of drug-likeness (QED) is 0.00821. The van der Waals surface area contributed by atoms with Gasteiger partial charge < -0.3 is 61.9 Å². The molecule has 4 aromatic carbocycles. The second-order valence-electron chi connectivity index (χ2n) is 23.7. The fourth-order valence-electron chi connectivity index (χ4n) is 10.8. The third-order valence-electron chi connectivity index (χ3n) is 16.5. The number of hydrogen-bond acceptors (Lipinski definition) is 23. The van der Waals surface area contributed by atoms with Gasteiger partial charge in [-0.1, -0.05) is 57.5 Å². The largest absolute Gasteiger partial charge is 0.490 e. The molecule has 4 aromatic rings. The van der Waals surface area contributed by atoms with Crippen LogP contribution in [-0.2, 0) is 78.9 Å². The summed E-state index contributed by atoms with van der Waals surface area (Å²) in [5.74, 6) is -1.91. The Balaban J connectivity index is 0.861. The summed E-state index contributed by atoms with van der Waals surface area (Å²) >= 11 is 1.72. The zero-order chi connectivity index (χ0) is 69.9. The number of ether oxygens (including phenoxy) is 12. The van der Waals surface area contributed by atoms with E-state index in [1.807, 2.05) is 30.3 Å². The van der Waals surface area contributed by atoms with E-state index in [9.17, 15) is 38.7 Å². The highest BCUT2D eigenvalue weighted by molar-refractivity contribution is 8.13. The molecule has 4 atom stereocenters. The number of aliphatic imine (C=N–C) groups is 2. The summed E-state index contributed by atoms with van der Waals surface area (Å²) in [7, 11) is 0. The minimum Gasteiger partial charge on any atom is -0.490 e. The maximum absolute atomic E-state index is 14.0. The third-order valence-corrected chi connectivity index (χ3v) is 17.7. The molecule has 2 saturated carbocycles. The highest BCUT2D eigenvalue weighted by atomic mass is 32.2. The molecule has 1 aliphatic heterocycles. The molecule has 0 radical (unpaired) electrons. The Hall–Kier alpha value is -8.90. The van der Waals surface area contributed by atoms with Crippen LogP contribution in [0.4, 0.5) is 5.69 Å². The Morgan fingerprint density at radius 2 is 1.08 bits per heavy atom. The zero-order valence-electron chi connectivity index (χ0n) is 55.7. The first kappa shape index (κ1) is 76.5. The van der Waals surface area contributed by atoms with Crippen molar-refractivity contribution in [1.29, 1.82) is 0 Å². The number of nitrogens with zero attached hydrogens (tertiary/aromatic N) is 2. The highest BCUT2D eigenvalue weighted by Crippen LogP contribution is 2.37. The molecule has 4 unspecified atom stereocenters. The van der Waals surface area contributed by atoms with Crippen LogP contribution in [0.1, 0.15) is 107 Å². The van der Waals surface area contributed by atoms with Gasteiger partial charge in [0.05, 0.1) is 61.5 Å². The number of unbranched alkanes of at least 4 members (excludes halogenated alkanes) is 2. The lowest BCUT2D eigenvalue weighted by Crippen LogP contribution is -2.33. The van der Waals surface area contributed by atoms with Crippen molar-refractivity contribution < 1.29 is 95.5 Å². The van der Waals surface area contributed by atoms with Crippen LogP contribution in [0.3, 0.4) is 0 Å². The molecule has 0 bridgehead atoms. The standard InChI is InChI=1S/C75H90N2O20S/c1-6-52(71-77-65-18-12-11-17-57(65)50-98-71)44-76-45-58-43-51(37-42-90-72(82)53-20-22-54(23-21-53)73(83)95-61-32-28-59(29-33-61)91-48-63(93-69(80)9-4)46-86-38-13-15-40-88-67(78)7-2)19-36-66(58)97-75(85)56-26-24-55(25-27-56)74(84)96-62-34-30-60(31-35-62)92-49-64(94-70(81)10-5)47-87-39-14-16-41-89-68(79)8-3/h7-12,17-19,28-36,43,45,52-56,63-64,74,84H,2-6,13-16,20-27,37-42,44,46-50H2,1H3. The van der Waals surface area contributed by atoms with Gasteiger partial charge in [0.15, 0.2) is 18.5 Å². The lowest BCUT2D eigenvalue weighted by molar-refractivity contribution is -0.152. The molecule has 0 saturated heterocycles. The summed E-state index contributed by atoms with van der Waals surface area (Å²) < 4.78 is 67.5. The number of para-hydroxylation sites is 1. The van der Waals surface area contributed by atoms with Crippen LogP contribution in [-0.4, -0.2) is 143 Å². The molecule has 0 amide bonds. The molecular weight excluding hydrogens is 1280 g/mol. The van der Waals surface area contributed by atoms with Crippen molar-refractivity contribution in [1.82, 2.24) is 0 Å². The van der Waals surface area contributed by atoms with E-state index in [4.69, 9.17) is 66.8 Å². The Morgan fingerprint density at radius 1 is 0.571 bits per heavy atom. The maximum Gasteiger partial charge on any atom is 0.330 e. The van der Waals surface area contributed by atoms with E-state index in [1.54, 1.807) is 72.6 Å². The SMILES string of the molecule is C=CC(=O)OCCCCOCC(COc1ccc(OC(=O)C2CCC(C(=O)OCCc3ccc(OC(=O)C4CCC(C(O)Oc5ccc(OCC(COCCCCOC(=O)C=C)OC(=O)C=C)cc5)CC4)c(C=NCC(CC)C4=Nc5ccccc5CS4)c3)CC2)cc1)OC(=O)C=C. The summed E-state index contributed by atoms with van der Waals surface area (Å²) in [6.45, 7) is 17.6. The number of esters is 7. The molecule has 23 heteroatoms. The first-order chi connectivity index (χ1) is 47.6. The van der Waals surface area contributed by atoms with E-state index >= 15 is 0 Å². The highest BCUT2D eigenvalue weighted by Gasteiger charge is 2.34. The molecule has 0 spiro atoms. The molecule has 2 fully saturated rings. The molecule has 0 aromatic heterocycles. The topological polar surface area (TPSA) is 275 Å². The maximum atomic E-state index is 14.0. The first-order valence-corrected chi connectivity index (χ1v) is 34.3. The number of aliphatic hydroxyl groups is 1. The van der Waals surface area contributed by atoms with E-state index in [2.05, 4.69) is 39.3 Å². The van der Waals surface area contributed by atoms with E-state index < -0.39 is 60.2 Å². The Bertz CT molecular complexity index is 3340. The minimum atomic E-state index is -1.14. The summed E-state index contributed by atoms with van der Waals surface area (Å²) in [6, 6.07) is 26.8. The molecule has 526 valence electrons. The van der Waals surface area contributed by atoms with Crippen molar-refractivity contribution in [3.63, 3.8) is 0 Å². The Kier molecular flexibility index (Phi) is 32.8. The molecule has 3 aliphatic rings. The van der Waals surface area contributed by atoms with Gasteiger partial charge >= 0.3 is 41.8 Å². The van der Waals surface area contributed by atoms with E-state index in [-0.39, 0.29) is 75.9 Å². The lowest BCUT2D eigenvalue weighted by atomic mass is 9.81. The van der Waals surface area contributed by atoms with Gasteiger partial charge in [-0.25, -0.2) is 24.2 Å². The predicted molar refractivity (Wildman–Crippen MR) is 367 cm³/mol. The molecule has 22 nitrogen and oxygen atoms in total. The number of fused-ring (bicyclic) bond motifs is 1. The summed E-state index contributed by atoms with van der Waals surface area (Å²) in [6.07, 6.45) is 10.8. The monoisotopic (exact) mass is 1370 g/mol. The van der Waals surface area contributed by atoms with Gasteiger partial charge in [0.25, 0.3) is 0 Å². The van der Waals surface area contributed by atoms with Gasteiger partial charge in [-0.05, 0) is 161 Å². The smallest absolute Gasteiger partial charge is 0.330 e. The van der Waals surface area contributed by atoms with Crippen LogP contribution in [0.25, 0.3) is 0 Å².